The van der Waals surface area contributed by atoms with Gasteiger partial charge in [-0.2, -0.15) is 0 Å². The zero-order valence-corrected chi connectivity index (χ0v) is 10.3. The van der Waals surface area contributed by atoms with Crippen molar-refractivity contribution in [3.05, 3.63) is 18.2 Å². The molecule has 1 rings (SSSR count). The van der Waals surface area contributed by atoms with Gasteiger partial charge in [-0.25, -0.2) is 14.6 Å². The van der Waals surface area contributed by atoms with E-state index in [0.29, 0.717) is 0 Å². The van der Waals surface area contributed by atoms with Crippen molar-refractivity contribution in [3.63, 3.8) is 0 Å². The van der Waals surface area contributed by atoms with Crippen LogP contribution in [-0.2, 0) is 16.0 Å². The highest BCUT2D eigenvalue weighted by Gasteiger charge is 2.04. The third-order valence-corrected chi connectivity index (χ3v) is 2.04. The average molecular weight is 257 g/mol. The predicted molar refractivity (Wildman–Crippen MR) is 65.3 cm³/mol. The summed E-state index contributed by atoms with van der Waals surface area (Å²) in [5, 5.41) is 18.1. The maximum atomic E-state index is 9.10. The predicted octanol–water partition coefficient (Wildman–Crippen LogP) is 0.498. The lowest BCUT2D eigenvalue weighted by atomic mass is 10.2. The SMILES string of the molecule is CCNCCCCc1cnc[nH]1.O=C(O)C(=O)O. The first-order valence-corrected chi connectivity index (χ1v) is 5.72. The molecule has 0 spiro atoms. The third-order valence-electron chi connectivity index (χ3n) is 2.04. The largest absolute Gasteiger partial charge is 0.473 e. The summed E-state index contributed by atoms with van der Waals surface area (Å²) in [5.74, 6) is -3.65. The number of aromatic amines is 1. The minimum Gasteiger partial charge on any atom is -0.473 e. The monoisotopic (exact) mass is 257 g/mol. The molecule has 102 valence electrons. The molecule has 1 heterocycles. The van der Waals surface area contributed by atoms with E-state index in [0.717, 1.165) is 19.5 Å². The Balaban J connectivity index is 0.000000411. The maximum absolute atomic E-state index is 9.10. The van der Waals surface area contributed by atoms with Gasteiger partial charge in [0.1, 0.15) is 0 Å². The molecule has 0 saturated heterocycles. The molecule has 7 nitrogen and oxygen atoms in total. The van der Waals surface area contributed by atoms with Crippen molar-refractivity contribution >= 4 is 11.9 Å². The van der Waals surface area contributed by atoms with Crippen LogP contribution in [0.15, 0.2) is 12.5 Å². The summed E-state index contributed by atoms with van der Waals surface area (Å²) in [6.45, 7) is 4.34. The van der Waals surface area contributed by atoms with Crippen LogP contribution in [0.5, 0.6) is 0 Å². The van der Waals surface area contributed by atoms with Crippen LogP contribution in [0, 0.1) is 0 Å². The quantitative estimate of drug-likeness (QED) is 0.435. The minimum atomic E-state index is -1.82. The number of aryl methyl sites for hydroxylation is 1. The van der Waals surface area contributed by atoms with E-state index in [1.165, 1.54) is 18.5 Å². The van der Waals surface area contributed by atoms with Crippen LogP contribution >= 0.6 is 0 Å². The molecule has 0 aliphatic heterocycles. The molecule has 0 fully saturated rings. The Morgan fingerprint density at radius 3 is 2.44 bits per heavy atom. The Bertz CT molecular complexity index is 326. The molecule has 0 atom stereocenters. The number of aliphatic carboxylic acids is 2. The first-order chi connectivity index (χ1) is 8.57. The van der Waals surface area contributed by atoms with E-state index >= 15 is 0 Å². The molecule has 0 aromatic carbocycles. The van der Waals surface area contributed by atoms with E-state index < -0.39 is 11.9 Å². The first kappa shape index (κ1) is 16.1. The summed E-state index contributed by atoms with van der Waals surface area (Å²) in [6.07, 6.45) is 7.22. The van der Waals surface area contributed by atoms with E-state index in [-0.39, 0.29) is 0 Å². The molecule has 18 heavy (non-hydrogen) atoms. The number of carboxylic acids is 2. The fraction of sp³-hybridized carbons (Fsp3) is 0.545. The van der Waals surface area contributed by atoms with E-state index in [9.17, 15) is 0 Å². The van der Waals surface area contributed by atoms with Crippen LogP contribution in [0.4, 0.5) is 0 Å². The minimum absolute atomic E-state index is 1.07. The number of nitrogens with zero attached hydrogens (tertiary/aromatic N) is 1. The van der Waals surface area contributed by atoms with Gasteiger partial charge < -0.3 is 20.5 Å². The number of rotatable bonds is 6. The molecular weight excluding hydrogens is 238 g/mol. The van der Waals surface area contributed by atoms with Crippen LogP contribution in [0.2, 0.25) is 0 Å². The number of imidazole rings is 1. The summed E-state index contributed by atoms with van der Waals surface area (Å²) in [5.41, 5.74) is 1.24. The third kappa shape index (κ3) is 9.34. The van der Waals surface area contributed by atoms with Crippen molar-refractivity contribution in [1.82, 2.24) is 15.3 Å². The zero-order chi connectivity index (χ0) is 13.8. The smallest absolute Gasteiger partial charge is 0.414 e. The van der Waals surface area contributed by atoms with Gasteiger partial charge in [-0.3, -0.25) is 0 Å². The Hall–Kier alpha value is -1.89. The van der Waals surface area contributed by atoms with Crippen LogP contribution in [0.3, 0.4) is 0 Å². The number of carbonyl (C=O) groups is 2. The van der Waals surface area contributed by atoms with E-state index in [4.69, 9.17) is 19.8 Å². The van der Waals surface area contributed by atoms with Gasteiger partial charge in [0.25, 0.3) is 0 Å². The second-order valence-corrected chi connectivity index (χ2v) is 3.50. The Labute approximate surface area is 105 Å². The summed E-state index contributed by atoms with van der Waals surface area (Å²) in [4.78, 5) is 25.3. The van der Waals surface area contributed by atoms with Gasteiger partial charge in [-0.05, 0) is 32.4 Å². The fourth-order valence-corrected chi connectivity index (χ4v) is 1.16. The molecule has 1 aromatic rings. The number of carboxylic acid groups (broad SMARTS) is 2. The van der Waals surface area contributed by atoms with Crippen molar-refractivity contribution < 1.29 is 19.8 Å². The Kier molecular flexibility index (Phi) is 9.20. The summed E-state index contributed by atoms with van der Waals surface area (Å²) in [7, 11) is 0. The van der Waals surface area contributed by atoms with Gasteiger partial charge in [-0.15, -0.1) is 0 Å². The van der Waals surface area contributed by atoms with E-state index in [1.54, 1.807) is 6.33 Å². The number of nitrogens with one attached hydrogen (secondary N) is 2. The Morgan fingerprint density at radius 1 is 1.33 bits per heavy atom. The molecule has 0 unspecified atom stereocenters. The van der Waals surface area contributed by atoms with Gasteiger partial charge >= 0.3 is 11.9 Å². The molecule has 1 aromatic heterocycles. The summed E-state index contributed by atoms with van der Waals surface area (Å²) in [6, 6.07) is 0. The molecule has 0 bridgehead atoms. The maximum Gasteiger partial charge on any atom is 0.414 e. The second-order valence-electron chi connectivity index (χ2n) is 3.50. The summed E-state index contributed by atoms with van der Waals surface area (Å²) < 4.78 is 0. The van der Waals surface area contributed by atoms with Gasteiger partial charge in [0, 0.05) is 11.9 Å². The topological polar surface area (TPSA) is 115 Å². The highest BCUT2D eigenvalue weighted by atomic mass is 16.4. The van der Waals surface area contributed by atoms with Gasteiger partial charge in [0.2, 0.25) is 0 Å². The number of aromatic nitrogens is 2. The van der Waals surface area contributed by atoms with Crippen LogP contribution in [-0.4, -0.2) is 45.2 Å². The second kappa shape index (κ2) is 10.3. The normalized spacial score (nSPS) is 9.39. The molecular formula is C11H19N3O4. The van der Waals surface area contributed by atoms with E-state index in [1.807, 2.05) is 6.20 Å². The lowest BCUT2D eigenvalue weighted by Gasteiger charge is -1.99. The molecule has 0 aliphatic rings. The fourth-order valence-electron chi connectivity index (χ4n) is 1.16. The van der Waals surface area contributed by atoms with Crippen molar-refractivity contribution in [1.29, 1.82) is 0 Å². The standard InChI is InChI=1S/C9H17N3.C2H2O4/c1-2-10-6-4-3-5-9-7-11-8-12-9;3-1(4)2(5)6/h7-8,10H,2-6H2,1H3,(H,11,12);(H,3,4)(H,5,6). The molecule has 0 radical (unpaired) electrons. The van der Waals surface area contributed by atoms with Crippen LogP contribution in [0.1, 0.15) is 25.5 Å². The lowest BCUT2D eigenvalue weighted by molar-refractivity contribution is -0.159. The number of hydrogen-bond donors (Lipinski definition) is 4. The number of unbranched alkanes of at least 4 members (excludes halogenated alkanes) is 1. The van der Waals surface area contributed by atoms with Crippen molar-refractivity contribution in [3.8, 4) is 0 Å². The molecule has 4 N–H and O–H groups in total. The van der Waals surface area contributed by atoms with Crippen molar-refractivity contribution in [2.75, 3.05) is 13.1 Å². The molecule has 7 heteroatoms. The molecule has 0 amide bonds. The highest BCUT2D eigenvalue weighted by molar-refractivity contribution is 6.27. The van der Waals surface area contributed by atoms with Crippen molar-refractivity contribution in [2.45, 2.75) is 26.2 Å². The highest BCUT2D eigenvalue weighted by Crippen LogP contribution is 1.98. The van der Waals surface area contributed by atoms with Gasteiger partial charge in [-0.1, -0.05) is 6.92 Å². The van der Waals surface area contributed by atoms with E-state index in [2.05, 4.69) is 22.2 Å². The first-order valence-electron chi connectivity index (χ1n) is 5.72. The number of H-pyrrole nitrogens is 1. The van der Waals surface area contributed by atoms with Crippen molar-refractivity contribution in [2.24, 2.45) is 0 Å². The number of hydrogen-bond acceptors (Lipinski definition) is 4. The van der Waals surface area contributed by atoms with Gasteiger partial charge in [0.15, 0.2) is 0 Å². The Morgan fingerprint density at radius 2 is 2.00 bits per heavy atom. The molecule has 0 aliphatic carbocycles. The lowest BCUT2D eigenvalue weighted by Crippen LogP contribution is -2.13. The molecule has 0 saturated carbocycles. The summed E-state index contributed by atoms with van der Waals surface area (Å²) >= 11 is 0. The zero-order valence-electron chi connectivity index (χ0n) is 10.3. The average Bonchev–Trinajstić information content (AvgIpc) is 2.82. The van der Waals surface area contributed by atoms with Crippen LogP contribution < -0.4 is 5.32 Å². The van der Waals surface area contributed by atoms with Gasteiger partial charge in [0.05, 0.1) is 6.33 Å². The van der Waals surface area contributed by atoms with Crippen LogP contribution in [0.25, 0.3) is 0 Å².